The number of carbonyl (C=O) groups excluding carboxylic acids is 5. The Morgan fingerprint density at radius 1 is 1.06 bits per heavy atom. The Labute approximate surface area is 178 Å². The molecule has 1 fully saturated rings. The van der Waals surface area contributed by atoms with Crippen molar-refractivity contribution < 1.29 is 33.4 Å². The second-order valence-electron chi connectivity index (χ2n) is 7.02. The molecule has 11 nitrogen and oxygen atoms in total. The van der Waals surface area contributed by atoms with E-state index in [1.165, 1.54) is 18.2 Å². The van der Waals surface area contributed by atoms with E-state index in [2.05, 4.69) is 10.6 Å². The molecule has 1 atom stereocenters. The van der Waals surface area contributed by atoms with E-state index in [1.807, 2.05) is 0 Å². The number of imide groups is 2. The first-order valence-corrected chi connectivity index (χ1v) is 9.93. The minimum Gasteiger partial charge on any atom is -0.379 e. The van der Waals surface area contributed by atoms with E-state index in [0.717, 1.165) is 4.90 Å². The zero-order valence-electron chi connectivity index (χ0n) is 16.8. The van der Waals surface area contributed by atoms with E-state index in [4.69, 9.17) is 15.2 Å². The number of nitrogens with one attached hydrogen (secondary N) is 2. The summed E-state index contributed by atoms with van der Waals surface area (Å²) in [6, 6.07) is 3.31. The van der Waals surface area contributed by atoms with Crippen molar-refractivity contribution in [3.63, 3.8) is 0 Å². The van der Waals surface area contributed by atoms with Gasteiger partial charge in [0.25, 0.3) is 11.8 Å². The molecule has 0 saturated carbocycles. The lowest BCUT2D eigenvalue weighted by molar-refractivity contribution is -0.136. The fraction of sp³-hybridized carbons (Fsp3) is 0.450. The van der Waals surface area contributed by atoms with Crippen LogP contribution < -0.4 is 16.4 Å². The van der Waals surface area contributed by atoms with Gasteiger partial charge in [-0.3, -0.25) is 34.2 Å². The number of hydrogen-bond donors (Lipinski definition) is 3. The number of benzene rings is 1. The van der Waals surface area contributed by atoms with Crippen LogP contribution in [0, 0.1) is 0 Å². The van der Waals surface area contributed by atoms with Crippen LogP contribution in [0.15, 0.2) is 18.2 Å². The number of rotatable bonds is 10. The number of fused-ring (bicyclic) bond motifs is 1. The highest BCUT2D eigenvalue weighted by atomic mass is 16.5. The second-order valence-corrected chi connectivity index (χ2v) is 7.02. The molecule has 11 heteroatoms. The Kier molecular flexibility index (Phi) is 7.45. The first-order chi connectivity index (χ1) is 14.9. The minimum absolute atomic E-state index is 0.0480. The Morgan fingerprint density at radius 3 is 2.48 bits per heavy atom. The topological polar surface area (TPSA) is 157 Å². The summed E-state index contributed by atoms with van der Waals surface area (Å²) >= 11 is 0. The van der Waals surface area contributed by atoms with Crippen molar-refractivity contribution in [3.8, 4) is 0 Å². The van der Waals surface area contributed by atoms with Gasteiger partial charge in [-0.05, 0) is 24.6 Å². The molecule has 1 aromatic rings. The van der Waals surface area contributed by atoms with Crippen LogP contribution >= 0.6 is 0 Å². The zero-order chi connectivity index (χ0) is 22.4. The van der Waals surface area contributed by atoms with Crippen LogP contribution in [0.4, 0.5) is 5.69 Å². The van der Waals surface area contributed by atoms with Crippen LogP contribution in [0.25, 0.3) is 0 Å². The summed E-state index contributed by atoms with van der Waals surface area (Å²) < 4.78 is 10.5. The summed E-state index contributed by atoms with van der Waals surface area (Å²) in [6.07, 6.45) is 0.229. The van der Waals surface area contributed by atoms with Gasteiger partial charge in [0.1, 0.15) is 6.04 Å². The van der Waals surface area contributed by atoms with Gasteiger partial charge in [0, 0.05) is 18.7 Å². The molecule has 0 bridgehead atoms. The smallest absolute Gasteiger partial charge is 0.262 e. The van der Waals surface area contributed by atoms with E-state index in [-0.39, 0.29) is 42.9 Å². The molecular formula is C20H24N4O7. The van der Waals surface area contributed by atoms with E-state index >= 15 is 0 Å². The van der Waals surface area contributed by atoms with Crippen LogP contribution in [-0.2, 0) is 23.9 Å². The summed E-state index contributed by atoms with van der Waals surface area (Å²) in [5, 5.41) is 4.80. The van der Waals surface area contributed by atoms with Crippen molar-refractivity contribution in [2.24, 2.45) is 5.73 Å². The van der Waals surface area contributed by atoms with Gasteiger partial charge in [0.05, 0.1) is 44.0 Å². The number of anilines is 1. The van der Waals surface area contributed by atoms with Crippen molar-refractivity contribution in [3.05, 3.63) is 29.3 Å². The molecule has 4 N–H and O–H groups in total. The quantitative estimate of drug-likeness (QED) is 0.327. The van der Waals surface area contributed by atoms with Crippen molar-refractivity contribution in [2.45, 2.75) is 25.3 Å². The largest absolute Gasteiger partial charge is 0.379 e. The Balaban J connectivity index is 1.56. The summed E-state index contributed by atoms with van der Waals surface area (Å²) in [4.78, 5) is 61.8. The van der Waals surface area contributed by atoms with Crippen molar-refractivity contribution in [1.29, 1.82) is 0 Å². The predicted molar refractivity (Wildman–Crippen MR) is 107 cm³/mol. The number of hydrogen-bond acceptors (Lipinski definition) is 8. The third-order valence-electron chi connectivity index (χ3n) is 4.83. The van der Waals surface area contributed by atoms with Crippen molar-refractivity contribution >= 4 is 35.2 Å². The van der Waals surface area contributed by atoms with Gasteiger partial charge in [-0.15, -0.1) is 0 Å². The van der Waals surface area contributed by atoms with Gasteiger partial charge < -0.3 is 20.5 Å². The van der Waals surface area contributed by atoms with Gasteiger partial charge in [-0.1, -0.05) is 0 Å². The molecule has 1 unspecified atom stereocenters. The van der Waals surface area contributed by atoms with E-state index < -0.39 is 29.7 Å². The maximum absolute atomic E-state index is 12.8. The van der Waals surface area contributed by atoms with Crippen molar-refractivity contribution in [1.82, 2.24) is 10.2 Å². The Bertz CT molecular complexity index is 902. The molecule has 0 radical (unpaired) electrons. The second kappa shape index (κ2) is 10.2. The number of nitrogens with zero attached hydrogens (tertiary/aromatic N) is 1. The van der Waals surface area contributed by atoms with E-state index in [1.54, 1.807) is 0 Å². The number of amides is 5. The highest BCUT2D eigenvalue weighted by Crippen LogP contribution is 2.29. The molecule has 0 spiro atoms. The monoisotopic (exact) mass is 432 g/mol. The van der Waals surface area contributed by atoms with E-state index in [9.17, 15) is 24.0 Å². The van der Waals surface area contributed by atoms with Gasteiger partial charge >= 0.3 is 0 Å². The zero-order valence-corrected chi connectivity index (χ0v) is 16.8. The van der Waals surface area contributed by atoms with Crippen LogP contribution in [0.2, 0.25) is 0 Å². The maximum Gasteiger partial charge on any atom is 0.262 e. The number of piperidine rings is 1. The highest BCUT2D eigenvalue weighted by molar-refractivity contribution is 6.23. The molecule has 166 valence electrons. The first-order valence-electron chi connectivity index (χ1n) is 9.93. The van der Waals surface area contributed by atoms with Gasteiger partial charge in [0.2, 0.25) is 17.7 Å². The average Bonchev–Trinajstić information content (AvgIpc) is 2.97. The van der Waals surface area contributed by atoms with Crippen LogP contribution in [0.5, 0.6) is 0 Å². The molecule has 2 aliphatic heterocycles. The molecule has 31 heavy (non-hydrogen) atoms. The van der Waals surface area contributed by atoms with Crippen molar-refractivity contribution in [2.75, 3.05) is 38.3 Å². The van der Waals surface area contributed by atoms with E-state index in [0.29, 0.717) is 32.1 Å². The Hall–Kier alpha value is -3.15. The van der Waals surface area contributed by atoms with Gasteiger partial charge in [-0.2, -0.15) is 0 Å². The summed E-state index contributed by atoms with van der Waals surface area (Å²) in [5.74, 6) is -2.66. The Morgan fingerprint density at radius 2 is 1.77 bits per heavy atom. The lowest BCUT2D eigenvalue weighted by Gasteiger charge is -2.27. The summed E-state index contributed by atoms with van der Waals surface area (Å²) in [6.45, 7) is 1.82. The summed E-state index contributed by atoms with van der Waals surface area (Å²) in [7, 11) is 0. The highest BCUT2D eigenvalue weighted by Gasteiger charge is 2.44. The molecule has 0 aromatic heterocycles. The summed E-state index contributed by atoms with van der Waals surface area (Å²) in [5.41, 5.74) is 5.89. The third kappa shape index (κ3) is 5.32. The first kappa shape index (κ1) is 22.5. The number of carbonyl (C=O) groups is 5. The molecule has 1 aromatic carbocycles. The lowest BCUT2D eigenvalue weighted by atomic mass is 10.0. The minimum atomic E-state index is -1.03. The number of ether oxygens (including phenoxy) is 2. The predicted octanol–water partition coefficient (Wildman–Crippen LogP) is -0.592. The molecular weight excluding hydrogens is 408 g/mol. The fourth-order valence-corrected chi connectivity index (χ4v) is 3.34. The molecule has 5 amide bonds. The molecule has 2 aliphatic rings. The molecule has 1 saturated heterocycles. The SMILES string of the molecule is NCCOCCOCCC(=O)Nc1ccc2c(c1)C(=O)N(C1CCC(=O)NC1=O)C2=O. The standard InChI is InChI=1S/C20H24N4O7/c21-6-8-31-10-9-30-7-5-17(26)22-12-1-2-13-14(11-12)20(29)24(19(13)28)15-3-4-16(25)23-18(15)27/h1-2,11,15H,3-10,21H2,(H,22,26)(H,23,25,27). The normalized spacial score (nSPS) is 18.2. The third-order valence-corrected chi connectivity index (χ3v) is 4.83. The van der Waals surface area contributed by atoms with Gasteiger partial charge in [-0.25, -0.2) is 0 Å². The van der Waals surface area contributed by atoms with Crippen LogP contribution in [-0.4, -0.2) is 73.4 Å². The average molecular weight is 432 g/mol. The van der Waals surface area contributed by atoms with Crippen LogP contribution in [0.1, 0.15) is 40.0 Å². The van der Waals surface area contributed by atoms with Crippen LogP contribution in [0.3, 0.4) is 0 Å². The molecule has 3 rings (SSSR count). The number of nitrogens with two attached hydrogens (primary N) is 1. The molecule has 0 aliphatic carbocycles. The lowest BCUT2D eigenvalue weighted by Crippen LogP contribution is -2.54. The molecule has 2 heterocycles. The maximum atomic E-state index is 12.8. The van der Waals surface area contributed by atoms with Gasteiger partial charge in [0.15, 0.2) is 0 Å². The fourth-order valence-electron chi connectivity index (χ4n) is 3.34.